The van der Waals surface area contributed by atoms with Crippen LogP contribution in [0.4, 0.5) is 0 Å². The van der Waals surface area contributed by atoms with Gasteiger partial charge in [0, 0.05) is 5.56 Å². The number of ketones is 1. The molecule has 1 aromatic rings. The fourth-order valence-corrected chi connectivity index (χ4v) is 1.62. The van der Waals surface area contributed by atoms with Gasteiger partial charge in [-0.15, -0.1) is 0 Å². The van der Waals surface area contributed by atoms with Gasteiger partial charge in [-0.1, -0.05) is 61.2 Å². The van der Waals surface area contributed by atoms with Gasteiger partial charge in [0.25, 0.3) is 0 Å². The minimum Gasteiger partial charge on any atom is -0.293 e. The molecule has 0 heterocycles. The summed E-state index contributed by atoms with van der Waals surface area (Å²) in [6, 6.07) is 9.32. The van der Waals surface area contributed by atoms with E-state index in [1.165, 1.54) is 0 Å². The first-order valence-corrected chi connectivity index (χ1v) is 4.92. The first kappa shape index (κ1) is 9.66. The van der Waals surface area contributed by atoms with E-state index in [4.69, 9.17) is 0 Å². The lowest BCUT2D eigenvalue weighted by molar-refractivity contribution is 0.0962. The molecule has 0 fully saturated rings. The van der Waals surface area contributed by atoms with Crippen molar-refractivity contribution < 1.29 is 4.79 Å². The highest BCUT2D eigenvalue weighted by Gasteiger charge is 2.19. The van der Waals surface area contributed by atoms with Crippen molar-refractivity contribution in [1.29, 1.82) is 0 Å². The lowest BCUT2D eigenvalue weighted by Gasteiger charge is -2.14. The van der Waals surface area contributed by atoms with Crippen LogP contribution in [0.15, 0.2) is 66.8 Å². The number of Topliss-reactive ketones (excluding diaryl/α,β-unsaturated/α-hetero) is 1. The second-order valence-electron chi connectivity index (χ2n) is 3.53. The molecule has 0 amide bonds. The van der Waals surface area contributed by atoms with Crippen LogP contribution in [0.5, 0.6) is 0 Å². The summed E-state index contributed by atoms with van der Waals surface area (Å²) in [4.78, 5) is 12.1. The Balaban J connectivity index is 2.26. The Morgan fingerprint density at radius 3 is 2.53 bits per heavy atom. The average Bonchev–Trinajstić information content (AvgIpc) is 2.30. The molecular weight excluding hydrogens is 184 g/mol. The second-order valence-corrected chi connectivity index (χ2v) is 3.53. The fourth-order valence-electron chi connectivity index (χ4n) is 1.62. The van der Waals surface area contributed by atoms with Crippen molar-refractivity contribution in [2.75, 3.05) is 0 Å². The van der Waals surface area contributed by atoms with Gasteiger partial charge in [-0.3, -0.25) is 4.79 Å². The van der Waals surface area contributed by atoms with Crippen LogP contribution < -0.4 is 0 Å². The summed E-state index contributed by atoms with van der Waals surface area (Å²) in [7, 11) is 0. The summed E-state index contributed by atoms with van der Waals surface area (Å²) in [5.74, 6) is -0.0846. The van der Waals surface area contributed by atoms with Crippen LogP contribution in [0.25, 0.3) is 0 Å². The van der Waals surface area contributed by atoms with Crippen molar-refractivity contribution in [3.8, 4) is 0 Å². The van der Waals surface area contributed by atoms with E-state index in [0.717, 1.165) is 11.1 Å². The van der Waals surface area contributed by atoms with E-state index in [9.17, 15) is 4.79 Å². The number of rotatable bonds is 2. The monoisotopic (exact) mass is 196 g/mol. The number of carbonyl (C=O) groups excluding carboxylic acids is 1. The molecule has 1 aliphatic rings. The topological polar surface area (TPSA) is 17.1 Å². The Hall–Kier alpha value is -1.89. The minimum atomic E-state index is -0.197. The quantitative estimate of drug-likeness (QED) is 0.664. The standard InChI is InChI=1S/C14H12O/c1-11-7-5-6-10-13(11)14(15)12-8-3-2-4-9-12/h2-10,13H,1H2. The summed E-state index contributed by atoms with van der Waals surface area (Å²) >= 11 is 0. The molecule has 0 aromatic heterocycles. The SMILES string of the molecule is C=C1C=CC=CC1C(=O)c1ccccc1. The van der Waals surface area contributed by atoms with Crippen molar-refractivity contribution in [3.05, 3.63) is 72.4 Å². The van der Waals surface area contributed by atoms with Crippen molar-refractivity contribution in [1.82, 2.24) is 0 Å². The third-order valence-electron chi connectivity index (χ3n) is 2.47. The predicted octanol–water partition coefficient (Wildman–Crippen LogP) is 3.17. The third-order valence-corrected chi connectivity index (χ3v) is 2.47. The number of hydrogen-bond donors (Lipinski definition) is 0. The summed E-state index contributed by atoms with van der Waals surface area (Å²) in [6.45, 7) is 3.88. The Labute approximate surface area is 89.4 Å². The molecule has 1 nitrogen and oxygen atoms in total. The Morgan fingerprint density at radius 1 is 1.13 bits per heavy atom. The highest BCUT2D eigenvalue weighted by Crippen LogP contribution is 2.21. The van der Waals surface area contributed by atoms with Gasteiger partial charge in [-0.25, -0.2) is 0 Å². The molecule has 0 saturated heterocycles. The van der Waals surface area contributed by atoms with Gasteiger partial charge in [-0.2, -0.15) is 0 Å². The van der Waals surface area contributed by atoms with Crippen LogP contribution in [0.1, 0.15) is 10.4 Å². The molecule has 0 spiro atoms. The molecular formula is C14H12O. The highest BCUT2D eigenvalue weighted by molar-refractivity contribution is 6.01. The maximum absolute atomic E-state index is 12.1. The van der Waals surface area contributed by atoms with E-state index in [2.05, 4.69) is 6.58 Å². The van der Waals surface area contributed by atoms with Gasteiger partial charge in [0.15, 0.2) is 5.78 Å². The summed E-state index contributed by atoms with van der Waals surface area (Å²) in [5, 5.41) is 0. The van der Waals surface area contributed by atoms with E-state index < -0.39 is 0 Å². The Morgan fingerprint density at radius 2 is 1.87 bits per heavy atom. The van der Waals surface area contributed by atoms with Crippen LogP contribution in [0.2, 0.25) is 0 Å². The maximum atomic E-state index is 12.1. The van der Waals surface area contributed by atoms with Gasteiger partial charge in [-0.05, 0) is 5.57 Å². The molecule has 0 N–H and O–H groups in total. The van der Waals surface area contributed by atoms with Crippen LogP contribution in [-0.2, 0) is 0 Å². The molecule has 1 aromatic carbocycles. The van der Waals surface area contributed by atoms with Crippen LogP contribution in [0.3, 0.4) is 0 Å². The van der Waals surface area contributed by atoms with Gasteiger partial charge in [0.05, 0.1) is 5.92 Å². The van der Waals surface area contributed by atoms with E-state index in [1.54, 1.807) is 0 Å². The van der Waals surface area contributed by atoms with Gasteiger partial charge >= 0.3 is 0 Å². The summed E-state index contributed by atoms with van der Waals surface area (Å²) in [6.07, 6.45) is 7.56. The molecule has 1 unspecified atom stereocenters. The second kappa shape index (κ2) is 4.09. The molecule has 2 rings (SSSR count). The maximum Gasteiger partial charge on any atom is 0.174 e. The van der Waals surface area contributed by atoms with E-state index >= 15 is 0 Å². The summed E-state index contributed by atoms with van der Waals surface area (Å²) in [5.41, 5.74) is 1.59. The fraction of sp³-hybridized carbons (Fsp3) is 0.0714. The average molecular weight is 196 g/mol. The van der Waals surface area contributed by atoms with Crippen LogP contribution in [0, 0.1) is 5.92 Å². The molecule has 15 heavy (non-hydrogen) atoms. The van der Waals surface area contributed by atoms with Crippen LogP contribution >= 0.6 is 0 Å². The largest absolute Gasteiger partial charge is 0.293 e. The highest BCUT2D eigenvalue weighted by atomic mass is 16.1. The summed E-state index contributed by atoms with van der Waals surface area (Å²) < 4.78 is 0. The normalized spacial score (nSPS) is 19.2. The molecule has 74 valence electrons. The van der Waals surface area contributed by atoms with E-state index in [0.29, 0.717) is 0 Å². The van der Waals surface area contributed by atoms with E-state index in [-0.39, 0.29) is 11.7 Å². The zero-order valence-corrected chi connectivity index (χ0v) is 8.39. The number of carbonyl (C=O) groups is 1. The number of benzene rings is 1. The van der Waals surface area contributed by atoms with Crippen LogP contribution in [-0.4, -0.2) is 5.78 Å². The van der Waals surface area contributed by atoms with Crippen molar-refractivity contribution in [2.45, 2.75) is 0 Å². The molecule has 0 saturated carbocycles. The van der Waals surface area contributed by atoms with Gasteiger partial charge < -0.3 is 0 Å². The van der Waals surface area contributed by atoms with E-state index in [1.807, 2.05) is 54.6 Å². The smallest absolute Gasteiger partial charge is 0.174 e. The Kier molecular flexibility index (Phi) is 2.64. The molecule has 1 aliphatic carbocycles. The number of hydrogen-bond acceptors (Lipinski definition) is 1. The van der Waals surface area contributed by atoms with Gasteiger partial charge in [0.2, 0.25) is 0 Å². The minimum absolute atomic E-state index is 0.112. The van der Waals surface area contributed by atoms with Crippen molar-refractivity contribution in [2.24, 2.45) is 5.92 Å². The molecule has 1 atom stereocenters. The van der Waals surface area contributed by atoms with Gasteiger partial charge in [0.1, 0.15) is 0 Å². The first-order valence-electron chi connectivity index (χ1n) is 4.92. The molecule has 0 aliphatic heterocycles. The molecule has 0 radical (unpaired) electrons. The zero-order chi connectivity index (χ0) is 10.7. The zero-order valence-electron chi connectivity index (χ0n) is 8.39. The lowest BCUT2D eigenvalue weighted by atomic mass is 9.88. The molecule has 0 bridgehead atoms. The number of allylic oxidation sites excluding steroid dienone is 5. The molecule has 1 heteroatoms. The first-order chi connectivity index (χ1) is 7.29. The lowest BCUT2D eigenvalue weighted by Crippen LogP contribution is -2.14. The predicted molar refractivity (Wildman–Crippen MR) is 61.7 cm³/mol. The Bertz CT molecular complexity index is 438. The third kappa shape index (κ3) is 1.96. The van der Waals surface area contributed by atoms with Crippen molar-refractivity contribution in [3.63, 3.8) is 0 Å². The van der Waals surface area contributed by atoms with Crippen molar-refractivity contribution >= 4 is 5.78 Å².